The van der Waals surface area contributed by atoms with Crippen LogP contribution in [0.4, 0.5) is 5.82 Å². The average Bonchev–Trinajstić information content (AvgIpc) is 2.87. The van der Waals surface area contributed by atoms with E-state index in [9.17, 15) is 4.79 Å². The molecule has 2 aromatic heterocycles. The number of aryl methyl sites for hydroxylation is 1. The van der Waals surface area contributed by atoms with Crippen LogP contribution in [0.3, 0.4) is 0 Å². The number of hydrogen-bond donors (Lipinski definition) is 0. The van der Waals surface area contributed by atoms with Gasteiger partial charge in [-0.2, -0.15) is 0 Å². The predicted octanol–water partition coefficient (Wildman–Crippen LogP) is 2.45. The summed E-state index contributed by atoms with van der Waals surface area (Å²) in [6.07, 6.45) is 3.21. The number of fused-ring (bicyclic) bond motifs is 1. The molecule has 3 rings (SSSR count). The van der Waals surface area contributed by atoms with Crippen molar-refractivity contribution in [2.75, 3.05) is 31.1 Å². The third-order valence-corrected chi connectivity index (χ3v) is 4.79. The van der Waals surface area contributed by atoms with Crippen LogP contribution in [0, 0.1) is 6.92 Å². The first-order valence-electron chi connectivity index (χ1n) is 7.43. The Bertz CT molecular complexity index is 646. The van der Waals surface area contributed by atoms with Crippen molar-refractivity contribution < 1.29 is 4.79 Å². The van der Waals surface area contributed by atoms with Crippen LogP contribution >= 0.6 is 11.3 Å². The lowest BCUT2D eigenvalue weighted by atomic mass is 10.2. The van der Waals surface area contributed by atoms with Gasteiger partial charge in [-0.25, -0.2) is 9.97 Å². The first-order valence-corrected chi connectivity index (χ1v) is 8.24. The number of nitrogens with zero attached hydrogens (tertiary/aromatic N) is 4. The van der Waals surface area contributed by atoms with Crippen LogP contribution in [0.2, 0.25) is 0 Å². The van der Waals surface area contributed by atoms with Gasteiger partial charge in [0, 0.05) is 37.5 Å². The van der Waals surface area contributed by atoms with Crippen molar-refractivity contribution in [3.8, 4) is 0 Å². The number of carbonyl (C=O) groups is 1. The van der Waals surface area contributed by atoms with Gasteiger partial charge < -0.3 is 9.80 Å². The van der Waals surface area contributed by atoms with Crippen molar-refractivity contribution in [3.63, 3.8) is 0 Å². The highest BCUT2D eigenvalue weighted by atomic mass is 32.1. The van der Waals surface area contributed by atoms with Crippen molar-refractivity contribution >= 4 is 33.3 Å². The number of hydrogen-bond acceptors (Lipinski definition) is 5. The topological polar surface area (TPSA) is 49.3 Å². The molecule has 0 spiro atoms. The van der Waals surface area contributed by atoms with E-state index in [0.29, 0.717) is 6.42 Å². The Kier molecular flexibility index (Phi) is 4.05. The second-order valence-corrected chi connectivity index (χ2v) is 6.63. The molecule has 0 N–H and O–H groups in total. The number of aromatic nitrogens is 2. The standard InChI is InChI=1S/C15H20N4OS/c1-3-4-13(20)18-5-7-19(8-6-18)14-12-9-11(2)21-15(12)17-10-16-14/h9-10H,3-8H2,1-2H3. The maximum absolute atomic E-state index is 11.9. The van der Waals surface area contributed by atoms with E-state index >= 15 is 0 Å². The molecule has 21 heavy (non-hydrogen) atoms. The predicted molar refractivity (Wildman–Crippen MR) is 85.9 cm³/mol. The van der Waals surface area contributed by atoms with E-state index in [1.54, 1.807) is 17.7 Å². The summed E-state index contributed by atoms with van der Waals surface area (Å²) in [5.41, 5.74) is 0. The van der Waals surface area contributed by atoms with E-state index in [-0.39, 0.29) is 5.91 Å². The molecule has 1 aliphatic heterocycles. The smallest absolute Gasteiger partial charge is 0.222 e. The molecule has 6 heteroatoms. The Morgan fingerprint density at radius 1 is 1.29 bits per heavy atom. The van der Waals surface area contributed by atoms with Crippen molar-refractivity contribution in [2.45, 2.75) is 26.7 Å². The number of anilines is 1. The monoisotopic (exact) mass is 304 g/mol. The number of thiophene rings is 1. The Balaban J connectivity index is 1.75. The van der Waals surface area contributed by atoms with Gasteiger partial charge in [0.15, 0.2) is 0 Å². The summed E-state index contributed by atoms with van der Waals surface area (Å²) in [4.78, 5) is 27.3. The lowest BCUT2D eigenvalue weighted by Gasteiger charge is -2.35. The first kappa shape index (κ1) is 14.3. The van der Waals surface area contributed by atoms with Gasteiger partial charge in [-0.05, 0) is 19.4 Å². The maximum atomic E-state index is 11.9. The molecule has 3 heterocycles. The molecule has 0 aromatic carbocycles. The summed E-state index contributed by atoms with van der Waals surface area (Å²) in [6.45, 7) is 7.40. The minimum absolute atomic E-state index is 0.274. The third-order valence-electron chi connectivity index (χ3n) is 3.83. The van der Waals surface area contributed by atoms with Crippen LogP contribution in [0.25, 0.3) is 10.2 Å². The largest absolute Gasteiger partial charge is 0.352 e. The fourth-order valence-electron chi connectivity index (χ4n) is 2.76. The van der Waals surface area contributed by atoms with E-state index < -0.39 is 0 Å². The van der Waals surface area contributed by atoms with Gasteiger partial charge >= 0.3 is 0 Å². The van der Waals surface area contributed by atoms with Gasteiger partial charge in [0.25, 0.3) is 0 Å². The summed E-state index contributed by atoms with van der Waals surface area (Å²) < 4.78 is 0. The Labute approximate surface area is 128 Å². The van der Waals surface area contributed by atoms with Crippen molar-refractivity contribution in [3.05, 3.63) is 17.3 Å². The van der Waals surface area contributed by atoms with Gasteiger partial charge in [0.1, 0.15) is 17.0 Å². The number of carbonyl (C=O) groups excluding carboxylic acids is 1. The second kappa shape index (κ2) is 5.97. The fourth-order valence-corrected chi connectivity index (χ4v) is 3.60. The summed E-state index contributed by atoms with van der Waals surface area (Å²) in [6, 6.07) is 2.16. The molecule has 0 atom stereocenters. The maximum Gasteiger partial charge on any atom is 0.222 e. The fraction of sp³-hybridized carbons (Fsp3) is 0.533. The van der Waals surface area contributed by atoms with Gasteiger partial charge in [-0.3, -0.25) is 4.79 Å². The van der Waals surface area contributed by atoms with E-state index in [1.807, 2.05) is 11.8 Å². The van der Waals surface area contributed by atoms with Crippen LogP contribution in [0.5, 0.6) is 0 Å². The second-order valence-electron chi connectivity index (χ2n) is 5.39. The highest BCUT2D eigenvalue weighted by Gasteiger charge is 2.22. The number of piperazine rings is 1. The summed E-state index contributed by atoms with van der Waals surface area (Å²) >= 11 is 1.70. The third kappa shape index (κ3) is 2.85. The van der Waals surface area contributed by atoms with Crippen LogP contribution in [0.1, 0.15) is 24.6 Å². The zero-order valence-corrected chi connectivity index (χ0v) is 13.3. The lowest BCUT2D eigenvalue weighted by Crippen LogP contribution is -2.49. The van der Waals surface area contributed by atoms with E-state index in [1.165, 1.54) is 4.88 Å². The molecule has 0 aliphatic carbocycles. The zero-order valence-electron chi connectivity index (χ0n) is 12.5. The SMILES string of the molecule is CCCC(=O)N1CCN(c2ncnc3sc(C)cc23)CC1. The molecule has 1 fully saturated rings. The van der Waals surface area contributed by atoms with Gasteiger partial charge in [0.05, 0.1) is 5.39 Å². The quantitative estimate of drug-likeness (QED) is 0.874. The highest BCUT2D eigenvalue weighted by molar-refractivity contribution is 7.18. The molecule has 0 saturated carbocycles. The molecule has 0 unspecified atom stereocenters. The molecule has 0 bridgehead atoms. The number of rotatable bonds is 3. The molecule has 5 nitrogen and oxygen atoms in total. The summed E-state index contributed by atoms with van der Waals surface area (Å²) in [5.74, 6) is 1.28. The molecule has 1 saturated heterocycles. The first-order chi connectivity index (χ1) is 10.2. The van der Waals surface area contributed by atoms with Crippen molar-refractivity contribution in [1.82, 2.24) is 14.9 Å². The van der Waals surface area contributed by atoms with Gasteiger partial charge in [-0.1, -0.05) is 6.92 Å². The minimum atomic E-state index is 0.274. The Hall–Kier alpha value is -1.69. The summed E-state index contributed by atoms with van der Waals surface area (Å²) in [5, 5.41) is 1.13. The van der Waals surface area contributed by atoms with E-state index in [0.717, 1.165) is 48.6 Å². The zero-order chi connectivity index (χ0) is 14.8. The molecular weight excluding hydrogens is 284 g/mol. The molecule has 0 radical (unpaired) electrons. The van der Waals surface area contributed by atoms with Gasteiger partial charge in [0.2, 0.25) is 5.91 Å². The normalized spacial score (nSPS) is 15.7. The number of amides is 1. The molecule has 2 aromatic rings. The van der Waals surface area contributed by atoms with Crippen LogP contribution < -0.4 is 4.90 Å². The van der Waals surface area contributed by atoms with E-state index in [4.69, 9.17) is 0 Å². The highest BCUT2D eigenvalue weighted by Crippen LogP contribution is 2.30. The van der Waals surface area contributed by atoms with Crippen LogP contribution in [0.15, 0.2) is 12.4 Å². The molecule has 1 aliphatic rings. The van der Waals surface area contributed by atoms with Crippen molar-refractivity contribution in [2.24, 2.45) is 0 Å². The Morgan fingerprint density at radius 3 is 2.76 bits per heavy atom. The molecular formula is C15H20N4OS. The average molecular weight is 304 g/mol. The molecule has 1 amide bonds. The summed E-state index contributed by atoms with van der Waals surface area (Å²) in [7, 11) is 0. The van der Waals surface area contributed by atoms with Crippen molar-refractivity contribution in [1.29, 1.82) is 0 Å². The molecule has 112 valence electrons. The van der Waals surface area contributed by atoms with Crippen LogP contribution in [-0.2, 0) is 4.79 Å². The Morgan fingerprint density at radius 2 is 2.05 bits per heavy atom. The van der Waals surface area contributed by atoms with Gasteiger partial charge in [-0.15, -0.1) is 11.3 Å². The van der Waals surface area contributed by atoms with E-state index in [2.05, 4.69) is 27.9 Å². The minimum Gasteiger partial charge on any atom is -0.352 e. The lowest BCUT2D eigenvalue weighted by molar-refractivity contribution is -0.131. The van der Waals surface area contributed by atoms with Crippen LogP contribution in [-0.4, -0.2) is 47.0 Å².